The Labute approximate surface area is 184 Å². The van der Waals surface area contributed by atoms with Gasteiger partial charge in [-0.05, 0) is 31.0 Å². The molecular weight excluding hydrogens is 414 g/mol. The van der Waals surface area contributed by atoms with Gasteiger partial charge < -0.3 is 10.2 Å². The minimum Gasteiger partial charge on any atom is -0.339 e. The molecule has 2 aromatic heterocycles. The molecule has 0 bridgehead atoms. The van der Waals surface area contributed by atoms with E-state index in [9.17, 15) is 9.59 Å². The van der Waals surface area contributed by atoms with Crippen LogP contribution >= 0.6 is 11.8 Å². The Hall–Kier alpha value is -2.98. The van der Waals surface area contributed by atoms with E-state index in [2.05, 4.69) is 25.3 Å². The summed E-state index contributed by atoms with van der Waals surface area (Å²) in [5.41, 5.74) is 2.99. The van der Waals surface area contributed by atoms with Crippen molar-refractivity contribution >= 4 is 35.0 Å². The maximum atomic E-state index is 12.6. The van der Waals surface area contributed by atoms with Gasteiger partial charge in [0.05, 0.1) is 12.3 Å². The summed E-state index contributed by atoms with van der Waals surface area (Å²) in [4.78, 5) is 37.4. The number of piperazine rings is 1. The van der Waals surface area contributed by atoms with Crippen molar-refractivity contribution in [2.45, 2.75) is 19.0 Å². The average Bonchev–Trinajstić information content (AvgIpc) is 3.18. The molecule has 1 aliphatic rings. The first-order chi connectivity index (χ1) is 15.0. The van der Waals surface area contributed by atoms with Crippen molar-refractivity contribution in [1.82, 2.24) is 29.4 Å². The van der Waals surface area contributed by atoms with E-state index in [1.807, 2.05) is 36.9 Å². The van der Waals surface area contributed by atoms with Crippen LogP contribution in [0.25, 0.3) is 5.78 Å². The van der Waals surface area contributed by atoms with E-state index in [-0.39, 0.29) is 17.6 Å². The van der Waals surface area contributed by atoms with Gasteiger partial charge in [-0.1, -0.05) is 30.0 Å². The number of amides is 2. The molecular formula is C21H25N7O2S. The molecule has 1 aromatic carbocycles. The number of hydrogen-bond donors (Lipinski definition) is 1. The summed E-state index contributed by atoms with van der Waals surface area (Å²) in [5, 5.41) is 7.86. The first-order valence-electron chi connectivity index (χ1n) is 10.2. The van der Waals surface area contributed by atoms with Crippen LogP contribution in [0.1, 0.15) is 11.1 Å². The Balaban J connectivity index is 1.22. The van der Waals surface area contributed by atoms with Gasteiger partial charge in [0.25, 0.3) is 5.78 Å². The molecule has 1 fully saturated rings. The molecule has 162 valence electrons. The minimum absolute atomic E-state index is 0.0285. The third-order valence-corrected chi connectivity index (χ3v) is 6.08. The van der Waals surface area contributed by atoms with Gasteiger partial charge in [0, 0.05) is 44.3 Å². The number of rotatable bonds is 6. The lowest BCUT2D eigenvalue weighted by atomic mass is 10.1. The molecule has 0 aliphatic carbocycles. The number of hydrogen-bond acceptors (Lipinski definition) is 7. The number of nitrogens with zero attached hydrogens (tertiary/aromatic N) is 6. The minimum atomic E-state index is -0.0285. The van der Waals surface area contributed by atoms with Gasteiger partial charge in [-0.25, -0.2) is 9.50 Å². The molecule has 1 N–H and O–H groups in total. The molecule has 0 saturated carbocycles. The Morgan fingerprint density at radius 1 is 1.10 bits per heavy atom. The van der Waals surface area contributed by atoms with Gasteiger partial charge in [-0.2, -0.15) is 4.98 Å². The smallest absolute Gasteiger partial charge is 0.253 e. The summed E-state index contributed by atoms with van der Waals surface area (Å²) in [6, 6.07) is 7.74. The molecule has 1 saturated heterocycles. The second kappa shape index (κ2) is 9.44. The number of para-hydroxylation sites is 1. The van der Waals surface area contributed by atoms with Crippen molar-refractivity contribution in [3.63, 3.8) is 0 Å². The van der Waals surface area contributed by atoms with Gasteiger partial charge in [-0.15, -0.1) is 5.10 Å². The van der Waals surface area contributed by atoms with Crippen LogP contribution in [0.3, 0.4) is 0 Å². The zero-order valence-electron chi connectivity index (χ0n) is 17.6. The second-order valence-electron chi connectivity index (χ2n) is 7.52. The number of nitrogens with one attached hydrogen (secondary N) is 1. The maximum Gasteiger partial charge on any atom is 0.253 e. The van der Waals surface area contributed by atoms with Crippen molar-refractivity contribution in [2.75, 3.05) is 43.8 Å². The average molecular weight is 440 g/mol. The number of aryl methyl sites for hydroxylation is 2. The summed E-state index contributed by atoms with van der Waals surface area (Å²) in [6.45, 7) is 6.86. The van der Waals surface area contributed by atoms with Crippen LogP contribution in [-0.4, -0.2) is 79.7 Å². The molecule has 2 amide bonds. The van der Waals surface area contributed by atoms with E-state index >= 15 is 0 Å². The van der Waals surface area contributed by atoms with Crippen molar-refractivity contribution in [2.24, 2.45) is 0 Å². The normalized spacial score (nSPS) is 14.7. The van der Waals surface area contributed by atoms with Crippen LogP contribution < -0.4 is 5.32 Å². The first-order valence-corrected chi connectivity index (χ1v) is 11.1. The topological polar surface area (TPSA) is 95.7 Å². The molecule has 0 atom stereocenters. The van der Waals surface area contributed by atoms with Gasteiger partial charge >= 0.3 is 0 Å². The molecule has 3 heterocycles. The van der Waals surface area contributed by atoms with Crippen molar-refractivity contribution in [3.05, 3.63) is 47.8 Å². The molecule has 9 nitrogen and oxygen atoms in total. The van der Waals surface area contributed by atoms with Crippen molar-refractivity contribution in [1.29, 1.82) is 0 Å². The lowest BCUT2D eigenvalue weighted by molar-refractivity contribution is -0.130. The highest BCUT2D eigenvalue weighted by atomic mass is 32.2. The van der Waals surface area contributed by atoms with E-state index in [0.29, 0.717) is 43.7 Å². The van der Waals surface area contributed by atoms with Gasteiger partial charge in [0.15, 0.2) is 0 Å². The molecule has 3 aromatic rings. The predicted octanol–water partition coefficient (Wildman–Crippen LogP) is 1.62. The highest BCUT2D eigenvalue weighted by molar-refractivity contribution is 7.99. The lowest BCUT2D eigenvalue weighted by Crippen LogP contribution is -2.50. The Morgan fingerprint density at radius 3 is 2.55 bits per heavy atom. The van der Waals surface area contributed by atoms with Gasteiger partial charge in [0.1, 0.15) is 0 Å². The Morgan fingerprint density at radius 2 is 1.84 bits per heavy atom. The first kappa shape index (κ1) is 21.3. The molecule has 0 unspecified atom stereocenters. The fourth-order valence-corrected chi connectivity index (χ4v) is 4.27. The molecule has 4 rings (SSSR count). The van der Waals surface area contributed by atoms with Gasteiger partial charge in [-0.3, -0.25) is 14.5 Å². The summed E-state index contributed by atoms with van der Waals surface area (Å²) in [5.74, 6) is 0.824. The van der Waals surface area contributed by atoms with Gasteiger partial charge in [0.2, 0.25) is 17.0 Å². The predicted molar refractivity (Wildman–Crippen MR) is 119 cm³/mol. The summed E-state index contributed by atoms with van der Waals surface area (Å²) in [7, 11) is 0. The fraction of sp³-hybridized carbons (Fsp3) is 0.381. The molecule has 0 spiro atoms. The monoisotopic (exact) mass is 439 g/mol. The van der Waals surface area contributed by atoms with Crippen LogP contribution in [0.2, 0.25) is 0 Å². The second-order valence-corrected chi connectivity index (χ2v) is 8.46. The largest absolute Gasteiger partial charge is 0.339 e. The van der Waals surface area contributed by atoms with E-state index in [4.69, 9.17) is 0 Å². The number of carbonyl (C=O) groups excluding carboxylic acids is 2. The highest BCUT2D eigenvalue weighted by Crippen LogP contribution is 2.19. The van der Waals surface area contributed by atoms with E-state index in [0.717, 1.165) is 16.8 Å². The van der Waals surface area contributed by atoms with E-state index in [1.54, 1.807) is 23.0 Å². The van der Waals surface area contributed by atoms with Crippen LogP contribution in [0.15, 0.2) is 41.8 Å². The fourth-order valence-electron chi connectivity index (χ4n) is 3.54. The standard InChI is InChI=1S/C21H25N7O2S/c1-15-5-3-6-16(2)19(15)23-17(29)13-26-9-11-27(12-10-26)18(30)14-31-21-24-20-22-7-4-8-28(20)25-21/h3-8H,9-14H2,1-2H3,(H,23,29). The lowest BCUT2D eigenvalue weighted by Gasteiger charge is -2.34. The number of fused-ring (bicyclic) bond motifs is 1. The highest BCUT2D eigenvalue weighted by Gasteiger charge is 2.23. The Kier molecular flexibility index (Phi) is 6.47. The zero-order valence-corrected chi connectivity index (χ0v) is 18.4. The molecule has 10 heteroatoms. The van der Waals surface area contributed by atoms with E-state index in [1.165, 1.54) is 11.8 Å². The van der Waals surface area contributed by atoms with E-state index < -0.39 is 0 Å². The Bertz CT molecular complexity index is 1040. The number of benzene rings is 1. The quantitative estimate of drug-likeness (QED) is 0.583. The maximum absolute atomic E-state index is 12.6. The number of thioether (sulfide) groups is 1. The van der Waals surface area contributed by atoms with Crippen molar-refractivity contribution in [3.8, 4) is 0 Å². The zero-order chi connectivity index (χ0) is 21.8. The summed E-state index contributed by atoms with van der Waals surface area (Å²) >= 11 is 1.31. The molecule has 31 heavy (non-hydrogen) atoms. The summed E-state index contributed by atoms with van der Waals surface area (Å²) in [6.07, 6.45) is 3.43. The molecule has 1 aliphatic heterocycles. The van der Waals surface area contributed by atoms with Crippen LogP contribution in [0.5, 0.6) is 0 Å². The van der Waals surface area contributed by atoms with Crippen molar-refractivity contribution < 1.29 is 9.59 Å². The van der Waals surface area contributed by atoms with Crippen LogP contribution in [0.4, 0.5) is 5.69 Å². The SMILES string of the molecule is Cc1cccc(C)c1NC(=O)CN1CCN(C(=O)CSc2nc3ncccn3n2)CC1. The molecule has 0 radical (unpaired) electrons. The summed E-state index contributed by atoms with van der Waals surface area (Å²) < 4.78 is 1.59. The number of aromatic nitrogens is 4. The third kappa shape index (κ3) is 5.20. The van der Waals surface area contributed by atoms with Crippen LogP contribution in [-0.2, 0) is 9.59 Å². The number of carbonyl (C=O) groups is 2. The number of anilines is 1. The third-order valence-electron chi connectivity index (χ3n) is 5.26. The van der Waals surface area contributed by atoms with Crippen LogP contribution in [0, 0.1) is 13.8 Å².